The molecular weight excluding hydrogens is 671 g/mol. The van der Waals surface area contributed by atoms with Gasteiger partial charge in [-0.1, -0.05) is 157 Å². The van der Waals surface area contributed by atoms with Crippen molar-refractivity contribution in [2.45, 2.75) is 0 Å². The van der Waals surface area contributed by atoms with Crippen LogP contribution in [0, 0.1) is 0 Å². The van der Waals surface area contributed by atoms with Gasteiger partial charge in [0.05, 0.1) is 42.5 Å². The first-order chi connectivity index (χ1) is 40.2. The van der Waals surface area contributed by atoms with Crippen molar-refractivity contribution in [3.8, 4) is 56.4 Å². The zero-order chi connectivity index (χ0) is 63.3. The van der Waals surface area contributed by atoms with Gasteiger partial charge in [0.25, 0.3) is 0 Å². The summed E-state index contributed by atoms with van der Waals surface area (Å²) in [5.74, 6) is -2.62. The Labute approximate surface area is 360 Å². The van der Waals surface area contributed by atoms with Gasteiger partial charge in [-0.15, -0.1) is 0 Å². The van der Waals surface area contributed by atoms with E-state index < -0.39 is 293 Å². The summed E-state index contributed by atoms with van der Waals surface area (Å²) in [7, 11) is 0. The highest BCUT2D eigenvalue weighted by Gasteiger charge is 2.15. The molecule has 0 amide bonds. The lowest BCUT2D eigenvalue weighted by Crippen LogP contribution is -2.00. The molecule has 0 aliphatic heterocycles. The van der Waals surface area contributed by atoms with E-state index >= 15 is 0 Å². The van der Waals surface area contributed by atoms with Gasteiger partial charge in [0, 0.05) is 27.5 Å². The van der Waals surface area contributed by atoms with Crippen molar-refractivity contribution >= 4 is 54.3 Å². The van der Waals surface area contributed by atoms with E-state index in [1.54, 1.807) is 0 Å². The molecule has 2 heterocycles. The normalized spacial score (nSPS) is 19.5. The summed E-state index contributed by atoms with van der Waals surface area (Å²) in [4.78, 5) is 12.8. The largest absolute Gasteiger partial charge is 0.456 e. The molecule has 0 saturated heterocycles. The molecule has 4 heteroatoms. The van der Waals surface area contributed by atoms with Crippen LogP contribution in [0.4, 0.5) is 0 Å². The first-order valence-electron chi connectivity index (χ1n) is 31.5. The Bertz CT molecular complexity index is 4980. The van der Waals surface area contributed by atoms with Crippen molar-refractivity contribution in [3.63, 3.8) is 0 Å². The van der Waals surface area contributed by atoms with Crippen LogP contribution in [-0.4, -0.2) is 15.0 Å². The fourth-order valence-electron chi connectivity index (χ4n) is 5.91. The van der Waals surface area contributed by atoms with Crippen LogP contribution in [-0.2, 0) is 0 Å². The molecule has 0 spiro atoms. The molecule has 256 valence electrons. The summed E-state index contributed by atoms with van der Waals surface area (Å²) in [6, 6.07) is -28.5. The molecule has 9 aromatic carbocycles. The topological polar surface area (TPSA) is 51.8 Å². The summed E-state index contributed by atoms with van der Waals surface area (Å²) in [6.45, 7) is 0. The van der Waals surface area contributed by atoms with Crippen LogP contribution in [0.25, 0.3) is 111 Å². The number of benzene rings is 9. The second-order valence-corrected chi connectivity index (χ2v) is 11.6. The van der Waals surface area contributed by atoms with Gasteiger partial charge >= 0.3 is 0 Å². The van der Waals surface area contributed by atoms with Crippen LogP contribution < -0.4 is 0 Å². The third kappa shape index (κ3) is 5.34. The second-order valence-electron chi connectivity index (χ2n) is 11.6. The van der Waals surface area contributed by atoms with E-state index in [1.807, 2.05) is 0 Å². The summed E-state index contributed by atoms with van der Waals surface area (Å²) < 4.78 is 282. The molecule has 55 heavy (non-hydrogen) atoms. The summed E-state index contributed by atoms with van der Waals surface area (Å²) in [5.41, 5.74) is -7.13. The standard InChI is InChI=1S/C51H31N3O/c1-2-11-33(12-3-1)49-52-50(54-51(53-49)38-26-28-45-44-19-8-9-20-47(44)55-48(45)31-38)34-23-21-32(22-24-34)35-13-10-14-36(29-35)37-25-27-43-41-17-5-4-15-39(41)40-16-6-7-18-42(40)46(43)30-37/h1-31H/i1D,2D,3D,4D,5D,6D,7D,8D,9D,10D,11D,12D,13D,14D,15D,16D,17D,18D,19D,20D,21D,22D,23D,24D,25D,26D,27D,28D,29D,30D,31D. The number of hydrogen-bond acceptors (Lipinski definition) is 4. The lowest BCUT2D eigenvalue weighted by molar-refractivity contribution is 0.669. The highest BCUT2D eigenvalue weighted by atomic mass is 16.3. The zero-order valence-corrected chi connectivity index (χ0v) is 27.2. The van der Waals surface area contributed by atoms with Crippen molar-refractivity contribution in [1.29, 1.82) is 0 Å². The van der Waals surface area contributed by atoms with Gasteiger partial charge in [-0.2, -0.15) is 0 Å². The molecule has 11 aromatic rings. The fraction of sp³-hybridized carbons (Fsp3) is 0. The molecule has 0 bridgehead atoms. The van der Waals surface area contributed by atoms with Gasteiger partial charge in [-0.3, -0.25) is 0 Å². The number of hydrogen-bond donors (Lipinski definition) is 0. The quantitative estimate of drug-likeness (QED) is 0.165. The van der Waals surface area contributed by atoms with Crippen molar-refractivity contribution in [3.05, 3.63) is 187 Å². The Kier molecular flexibility index (Phi) is 3.02. The molecule has 0 radical (unpaired) electrons. The Balaban J connectivity index is 1.21. The van der Waals surface area contributed by atoms with Crippen LogP contribution in [0.2, 0.25) is 0 Å². The monoisotopic (exact) mass is 732 g/mol. The van der Waals surface area contributed by atoms with E-state index in [4.69, 9.17) is 34.6 Å². The average molecular weight is 733 g/mol. The molecule has 0 N–H and O–H groups in total. The van der Waals surface area contributed by atoms with E-state index in [1.165, 1.54) is 0 Å². The van der Waals surface area contributed by atoms with Crippen molar-refractivity contribution in [2.75, 3.05) is 0 Å². The lowest BCUT2D eigenvalue weighted by atomic mass is 9.91. The highest BCUT2D eigenvalue weighted by molar-refractivity contribution is 6.25. The third-order valence-electron chi connectivity index (χ3n) is 8.38. The van der Waals surface area contributed by atoms with E-state index in [0.29, 0.717) is 0 Å². The van der Waals surface area contributed by atoms with Crippen LogP contribution in [0.3, 0.4) is 0 Å². The number of aromatic nitrogens is 3. The predicted octanol–water partition coefficient (Wildman–Crippen LogP) is 13.6. The van der Waals surface area contributed by atoms with Crippen molar-refractivity contribution < 1.29 is 46.9 Å². The maximum absolute atomic E-state index is 9.71. The minimum Gasteiger partial charge on any atom is -0.456 e. The number of fused-ring (bicyclic) bond motifs is 9. The van der Waals surface area contributed by atoms with Crippen LogP contribution in [0.1, 0.15) is 42.5 Å². The van der Waals surface area contributed by atoms with Gasteiger partial charge in [0.2, 0.25) is 0 Å². The second kappa shape index (κ2) is 12.6. The summed E-state index contributed by atoms with van der Waals surface area (Å²) >= 11 is 0. The third-order valence-corrected chi connectivity index (χ3v) is 8.38. The van der Waals surface area contributed by atoms with Crippen LogP contribution in [0.5, 0.6) is 0 Å². The molecule has 0 atom stereocenters. The van der Waals surface area contributed by atoms with E-state index in [0.717, 1.165) is 0 Å². The number of rotatable bonds is 5. The molecule has 0 aliphatic carbocycles. The number of para-hydroxylation sites is 1. The van der Waals surface area contributed by atoms with E-state index in [-0.39, 0.29) is 5.39 Å². The SMILES string of the molecule is [2H]c1c([2H])c([2H])c(-c2nc(-c3c([2H])c([2H])c(-c4c([2H])c([2H])c([2H])c(-c5c([2H])c([2H])c6c7c([2H])c([2H])c([2H])c([2H])c7c7c([2H])c([2H])c([2H])c([2H])c7c6c5[2H])c4[2H])c([2H])c3[2H])nc(-c3c([2H])c([2H])c4c(oc5c([2H])c([2H])c([2H])c([2H])c54)c3[2H])n2)c([2H])c1[2H]. The van der Waals surface area contributed by atoms with Gasteiger partial charge in [0.15, 0.2) is 17.5 Å². The maximum atomic E-state index is 9.71. The molecule has 0 unspecified atom stereocenters. The molecule has 11 rings (SSSR count). The summed E-state index contributed by atoms with van der Waals surface area (Å²) in [5, 5.41) is -4.05. The van der Waals surface area contributed by atoms with Gasteiger partial charge in [0.1, 0.15) is 11.2 Å². The fourth-order valence-corrected chi connectivity index (χ4v) is 5.91. The smallest absolute Gasteiger partial charge is 0.164 e. The Morgan fingerprint density at radius 3 is 1.38 bits per heavy atom. The predicted molar refractivity (Wildman–Crippen MR) is 227 cm³/mol. The van der Waals surface area contributed by atoms with Gasteiger partial charge in [-0.25, -0.2) is 15.0 Å². The Hall–Kier alpha value is -7.43. The van der Waals surface area contributed by atoms with Gasteiger partial charge in [-0.05, 0) is 84.8 Å². The van der Waals surface area contributed by atoms with E-state index in [9.17, 15) is 12.3 Å². The zero-order valence-electron chi connectivity index (χ0n) is 58.2. The van der Waals surface area contributed by atoms with Crippen LogP contribution >= 0.6 is 0 Å². The Morgan fingerprint density at radius 2 is 0.691 bits per heavy atom. The van der Waals surface area contributed by atoms with Crippen molar-refractivity contribution in [2.24, 2.45) is 0 Å². The highest BCUT2D eigenvalue weighted by Crippen LogP contribution is 2.38. The number of nitrogens with zero attached hydrogens (tertiary/aromatic N) is 3. The minimum absolute atomic E-state index is 0.363. The minimum atomic E-state index is -1.14. The first-order valence-corrected chi connectivity index (χ1v) is 16.0. The molecule has 2 aromatic heterocycles. The molecule has 0 saturated carbocycles. The molecule has 0 aliphatic rings. The van der Waals surface area contributed by atoms with Crippen molar-refractivity contribution in [1.82, 2.24) is 15.0 Å². The average Bonchev–Trinajstić information content (AvgIpc) is 0.750. The molecule has 4 nitrogen and oxygen atoms in total. The Morgan fingerprint density at radius 1 is 0.273 bits per heavy atom. The number of furan rings is 1. The first kappa shape index (κ1) is 13.2. The van der Waals surface area contributed by atoms with E-state index in [2.05, 4.69) is 15.0 Å². The van der Waals surface area contributed by atoms with Crippen LogP contribution in [0.15, 0.2) is 192 Å². The molecular formula is C51H31N3O. The van der Waals surface area contributed by atoms with Gasteiger partial charge < -0.3 is 4.42 Å². The summed E-state index contributed by atoms with van der Waals surface area (Å²) in [6.07, 6.45) is 0. The lowest BCUT2D eigenvalue weighted by Gasteiger charge is -2.13. The molecule has 0 fully saturated rings. The maximum Gasteiger partial charge on any atom is 0.164 e.